The number of hydrogen-bond donors (Lipinski definition) is 1. The fourth-order valence-corrected chi connectivity index (χ4v) is 6.02. The van der Waals surface area contributed by atoms with E-state index in [0.717, 1.165) is 42.5 Å². The Morgan fingerprint density at radius 1 is 1.23 bits per heavy atom. The van der Waals surface area contributed by atoms with Crippen LogP contribution >= 0.6 is 11.6 Å². The van der Waals surface area contributed by atoms with Crippen molar-refractivity contribution in [1.82, 2.24) is 4.90 Å². The van der Waals surface area contributed by atoms with Crippen LogP contribution in [0.5, 0.6) is 5.75 Å². The summed E-state index contributed by atoms with van der Waals surface area (Å²) < 4.78 is 6.18. The number of piperidine rings is 1. The normalized spacial score (nSPS) is 27.6. The molecule has 2 aliphatic carbocycles. The summed E-state index contributed by atoms with van der Waals surface area (Å²) in [6.07, 6.45) is 15.7. The highest BCUT2D eigenvalue weighted by molar-refractivity contribution is 6.31. The molecule has 1 N–H and O–H groups in total. The summed E-state index contributed by atoms with van der Waals surface area (Å²) in [5.74, 6) is 2.16. The summed E-state index contributed by atoms with van der Waals surface area (Å²) >= 11 is 6.17. The number of nitrogens with one attached hydrogen (secondary N) is 1. The number of anilines is 1. The Morgan fingerprint density at radius 3 is 2.90 bits per heavy atom. The summed E-state index contributed by atoms with van der Waals surface area (Å²) in [5.41, 5.74) is 2.56. The van der Waals surface area contributed by atoms with E-state index >= 15 is 0 Å². The van der Waals surface area contributed by atoms with Gasteiger partial charge >= 0.3 is 0 Å². The molecule has 166 valence electrons. The Kier molecular flexibility index (Phi) is 6.12. The first-order chi connectivity index (χ1) is 15.1. The summed E-state index contributed by atoms with van der Waals surface area (Å²) in [6, 6.07) is 6.13. The molecule has 4 nitrogen and oxygen atoms in total. The van der Waals surface area contributed by atoms with Crippen LogP contribution in [0, 0.1) is 17.3 Å². The summed E-state index contributed by atoms with van der Waals surface area (Å²) in [4.78, 5) is 14.4. The topological polar surface area (TPSA) is 41.6 Å². The van der Waals surface area contributed by atoms with Crippen LogP contribution in [0.2, 0.25) is 0 Å². The number of carbonyl (C=O) groups excluding carboxylic acids is 1. The van der Waals surface area contributed by atoms with E-state index < -0.39 is 0 Å². The molecule has 2 fully saturated rings. The van der Waals surface area contributed by atoms with Crippen molar-refractivity contribution in [3.05, 3.63) is 47.0 Å². The molecule has 1 aromatic carbocycles. The van der Waals surface area contributed by atoms with Crippen LogP contribution in [0.4, 0.5) is 5.69 Å². The zero-order valence-electron chi connectivity index (χ0n) is 18.2. The van der Waals surface area contributed by atoms with E-state index in [9.17, 15) is 4.79 Å². The molecule has 0 radical (unpaired) electrons. The molecule has 2 unspecified atom stereocenters. The lowest BCUT2D eigenvalue weighted by molar-refractivity contribution is -0.116. The second-order valence-corrected chi connectivity index (χ2v) is 10.4. The molecular weight excluding hydrogens is 408 g/mol. The highest BCUT2D eigenvalue weighted by Gasteiger charge is 2.44. The van der Waals surface area contributed by atoms with Crippen molar-refractivity contribution in [2.24, 2.45) is 17.3 Å². The predicted molar refractivity (Wildman–Crippen MR) is 126 cm³/mol. The molecule has 2 atom stereocenters. The van der Waals surface area contributed by atoms with Gasteiger partial charge in [-0.3, -0.25) is 4.79 Å². The van der Waals surface area contributed by atoms with Crippen LogP contribution < -0.4 is 10.1 Å². The van der Waals surface area contributed by atoms with Crippen molar-refractivity contribution in [3.8, 4) is 5.75 Å². The van der Waals surface area contributed by atoms with E-state index in [4.69, 9.17) is 16.3 Å². The third kappa shape index (κ3) is 4.70. The van der Waals surface area contributed by atoms with Gasteiger partial charge in [0.25, 0.3) is 0 Å². The zero-order valence-corrected chi connectivity index (χ0v) is 19.0. The number of hydrogen-bond acceptors (Lipinski definition) is 3. The Labute approximate surface area is 190 Å². The lowest BCUT2D eigenvalue weighted by atomic mass is 9.59. The van der Waals surface area contributed by atoms with Crippen molar-refractivity contribution >= 4 is 23.2 Å². The van der Waals surface area contributed by atoms with Gasteiger partial charge < -0.3 is 15.0 Å². The quantitative estimate of drug-likeness (QED) is 0.632. The second-order valence-electron chi connectivity index (χ2n) is 9.93. The molecule has 1 saturated carbocycles. The van der Waals surface area contributed by atoms with E-state index in [-0.39, 0.29) is 5.91 Å². The number of ether oxygens (including phenoxy) is 1. The zero-order chi connectivity index (χ0) is 21.3. The van der Waals surface area contributed by atoms with Gasteiger partial charge in [0.15, 0.2) is 0 Å². The fraction of sp³-hybridized carbons (Fsp3) is 0.577. The van der Waals surface area contributed by atoms with Crippen molar-refractivity contribution in [2.75, 3.05) is 31.6 Å². The van der Waals surface area contributed by atoms with E-state index in [1.807, 2.05) is 12.1 Å². The Morgan fingerprint density at radius 2 is 2.13 bits per heavy atom. The fourth-order valence-electron chi connectivity index (χ4n) is 5.86. The standard InChI is InChI=1S/C26H33ClN2O2/c27-22-8-6-21(7-9-22)26(12-2-13-26)18-29-14-1-3-19(16-29)17-31-23-10-4-20-5-11-25(30)28-24(20)15-23/h4,6,8-10,15,19,21H,1-3,5,7,11-14,16-18H2,(H,28,30). The predicted octanol–water partition coefficient (Wildman–Crippen LogP) is 5.53. The number of benzene rings is 1. The Hall–Kier alpha value is -1.78. The number of nitrogens with zero attached hydrogens (tertiary/aromatic N) is 1. The highest BCUT2D eigenvalue weighted by atomic mass is 35.5. The maximum Gasteiger partial charge on any atom is 0.224 e. The first kappa shape index (κ1) is 21.1. The van der Waals surface area contributed by atoms with Gasteiger partial charge in [0.2, 0.25) is 5.91 Å². The van der Waals surface area contributed by atoms with Crippen LogP contribution in [-0.4, -0.2) is 37.0 Å². The summed E-state index contributed by atoms with van der Waals surface area (Å²) in [6.45, 7) is 4.28. The molecule has 1 amide bonds. The molecule has 2 aliphatic heterocycles. The Balaban J connectivity index is 1.16. The minimum absolute atomic E-state index is 0.100. The molecule has 0 aromatic heterocycles. The lowest BCUT2D eigenvalue weighted by Gasteiger charge is -2.51. The minimum atomic E-state index is 0.100. The maximum atomic E-state index is 11.7. The van der Waals surface area contributed by atoms with Crippen molar-refractivity contribution in [2.45, 2.75) is 51.4 Å². The van der Waals surface area contributed by atoms with Gasteiger partial charge in [-0.15, -0.1) is 0 Å². The summed E-state index contributed by atoms with van der Waals surface area (Å²) in [5, 5.41) is 3.86. The average Bonchev–Trinajstić information content (AvgIpc) is 2.75. The number of carbonyl (C=O) groups is 1. The summed E-state index contributed by atoms with van der Waals surface area (Å²) in [7, 11) is 0. The van der Waals surface area contributed by atoms with Crippen LogP contribution in [0.25, 0.3) is 0 Å². The van der Waals surface area contributed by atoms with Crippen molar-refractivity contribution in [1.29, 1.82) is 0 Å². The third-order valence-corrected chi connectivity index (χ3v) is 8.07. The lowest BCUT2D eigenvalue weighted by Crippen LogP contribution is -2.50. The van der Waals surface area contributed by atoms with Crippen molar-refractivity contribution < 1.29 is 9.53 Å². The van der Waals surface area contributed by atoms with Crippen LogP contribution in [0.3, 0.4) is 0 Å². The molecule has 0 spiro atoms. The van der Waals surface area contributed by atoms with E-state index in [2.05, 4.69) is 34.5 Å². The molecule has 2 heterocycles. The number of likely N-dealkylation sites (tertiary alicyclic amines) is 1. The molecule has 1 saturated heterocycles. The largest absolute Gasteiger partial charge is 0.493 e. The molecule has 4 aliphatic rings. The molecular formula is C26H33ClN2O2. The molecule has 0 bridgehead atoms. The number of rotatable bonds is 6. The Bertz CT molecular complexity index is 889. The van der Waals surface area contributed by atoms with Gasteiger partial charge in [0.1, 0.15) is 5.75 Å². The van der Waals surface area contributed by atoms with Gasteiger partial charge in [-0.2, -0.15) is 0 Å². The van der Waals surface area contributed by atoms with E-state index in [1.54, 1.807) is 0 Å². The third-order valence-electron chi connectivity index (χ3n) is 7.79. The SMILES string of the molecule is O=C1CCc2ccc(OCC3CCCN(CC4(C5C=CC(Cl)=CC5)CCC4)C3)cc2N1. The average molecular weight is 441 g/mol. The van der Waals surface area contributed by atoms with Gasteiger partial charge in [-0.25, -0.2) is 0 Å². The monoisotopic (exact) mass is 440 g/mol. The number of halogens is 1. The molecule has 31 heavy (non-hydrogen) atoms. The van der Waals surface area contributed by atoms with Crippen LogP contribution in [0.1, 0.15) is 50.5 Å². The van der Waals surface area contributed by atoms with E-state index in [1.165, 1.54) is 50.8 Å². The number of aryl methyl sites for hydroxylation is 1. The molecule has 1 aromatic rings. The first-order valence-corrected chi connectivity index (χ1v) is 12.3. The van der Waals surface area contributed by atoms with E-state index in [0.29, 0.717) is 23.7 Å². The first-order valence-electron chi connectivity index (χ1n) is 11.9. The van der Waals surface area contributed by atoms with Gasteiger partial charge in [-0.05, 0) is 74.1 Å². The smallest absolute Gasteiger partial charge is 0.224 e. The van der Waals surface area contributed by atoms with Crippen LogP contribution in [0.15, 0.2) is 41.5 Å². The highest BCUT2D eigenvalue weighted by Crippen LogP contribution is 2.51. The number of fused-ring (bicyclic) bond motifs is 1. The van der Waals surface area contributed by atoms with Gasteiger partial charge in [0.05, 0.1) is 6.61 Å². The number of amides is 1. The maximum absolute atomic E-state index is 11.7. The minimum Gasteiger partial charge on any atom is -0.493 e. The van der Waals surface area contributed by atoms with Gasteiger partial charge in [0, 0.05) is 42.2 Å². The van der Waals surface area contributed by atoms with Crippen LogP contribution in [-0.2, 0) is 11.2 Å². The number of allylic oxidation sites excluding steroid dienone is 4. The second kappa shape index (κ2) is 8.99. The molecule has 5 rings (SSSR count). The van der Waals surface area contributed by atoms with Crippen molar-refractivity contribution in [3.63, 3.8) is 0 Å². The molecule has 5 heteroatoms. The van der Waals surface area contributed by atoms with Gasteiger partial charge in [-0.1, -0.05) is 36.2 Å².